The highest BCUT2D eigenvalue weighted by Gasteiger charge is 2.30. The number of hydrogen-bond donors (Lipinski definition) is 3. The summed E-state index contributed by atoms with van der Waals surface area (Å²) in [7, 11) is -9.92. The van der Waals surface area contributed by atoms with Crippen molar-refractivity contribution >= 4 is 39.5 Å². The maximum atomic E-state index is 13.1. The number of aliphatic hydroxyl groups is 1. The van der Waals surface area contributed by atoms with Crippen LogP contribution in [0, 0.1) is 23.7 Å². The van der Waals surface area contributed by atoms with Gasteiger partial charge in [-0.2, -0.15) is 0 Å². The maximum absolute atomic E-state index is 13.1. The largest absolute Gasteiger partial charge is 0.472 e. The molecule has 0 aromatic carbocycles. The first kappa shape index (κ1) is 96.1. The molecule has 0 aromatic rings. The summed E-state index contributed by atoms with van der Waals surface area (Å²) < 4.78 is 68.6. The van der Waals surface area contributed by atoms with E-state index in [1.165, 1.54) is 199 Å². The second kappa shape index (κ2) is 68.2. The third-order valence-corrected chi connectivity index (χ3v) is 20.6. The highest BCUT2D eigenvalue weighted by atomic mass is 31.2. The van der Waals surface area contributed by atoms with Gasteiger partial charge in [-0.25, -0.2) is 9.13 Å². The number of hydrogen-bond acceptors (Lipinski definition) is 15. The SMILES string of the molecule is CCC(C)CCCCCCCCCCCCCCCCC(=O)O[C@H](COC(=O)CCCCCCCCC(C)C)COP(=O)(O)OC[C@H](O)COP(=O)(O)OC[C@@H](COC(=O)CCCCCCCCCCCCCCCC(C)C)OC(=O)CCCCCCCCCCCCCCC(C)C. The van der Waals surface area contributed by atoms with Gasteiger partial charge < -0.3 is 33.8 Å². The van der Waals surface area contributed by atoms with Crippen LogP contribution in [0.25, 0.3) is 0 Å². The number of phosphoric acid groups is 2. The Bertz CT molecular complexity index is 1920. The molecule has 0 spiro atoms. The Morgan fingerprint density at radius 2 is 0.490 bits per heavy atom. The smallest absolute Gasteiger partial charge is 0.462 e. The van der Waals surface area contributed by atoms with E-state index in [0.717, 1.165) is 114 Å². The average Bonchev–Trinajstić information content (AvgIpc) is 1.11. The van der Waals surface area contributed by atoms with E-state index in [9.17, 15) is 43.2 Å². The molecule has 0 aliphatic carbocycles. The van der Waals surface area contributed by atoms with Gasteiger partial charge in [-0.15, -0.1) is 0 Å². The zero-order valence-electron chi connectivity index (χ0n) is 64.4. The van der Waals surface area contributed by atoms with Crippen LogP contribution in [0.15, 0.2) is 0 Å². The van der Waals surface area contributed by atoms with Gasteiger partial charge >= 0.3 is 39.5 Å². The molecule has 19 heteroatoms. The molecule has 0 aliphatic heterocycles. The van der Waals surface area contributed by atoms with E-state index < -0.39 is 97.5 Å². The van der Waals surface area contributed by atoms with E-state index in [1.807, 2.05) is 0 Å². The van der Waals surface area contributed by atoms with Crippen molar-refractivity contribution in [3.05, 3.63) is 0 Å². The first-order valence-electron chi connectivity index (χ1n) is 40.7. The van der Waals surface area contributed by atoms with Crippen molar-refractivity contribution in [3.8, 4) is 0 Å². The fourth-order valence-electron chi connectivity index (χ4n) is 12.0. The molecule has 0 saturated heterocycles. The number of aliphatic hydroxyl groups excluding tert-OH is 1. The minimum Gasteiger partial charge on any atom is -0.462 e. The standard InChI is InChI=1S/C79H154O17P2/c1-9-72(8)58-50-42-33-27-21-14-10-11-15-23-29-35-45-53-61-79(84)96-75(66-90-77(82)60-52-44-38-37-41-49-57-71(6)7)68-94-98(87,88)92-64-73(80)63-91-97(85,86)93-67-74(95-78(83)62-54-46-36-30-24-18-17-20-26-32-40-48-56-70(4)5)65-89-76(81)59-51-43-34-28-22-16-12-13-19-25-31-39-47-55-69(2)3/h69-75,80H,9-68H2,1-8H3,(H,85,86)(H,87,88)/t72?,73-,74-,75-/m1/s1. The summed E-state index contributed by atoms with van der Waals surface area (Å²) in [5.74, 6) is 0.975. The van der Waals surface area contributed by atoms with Crippen molar-refractivity contribution in [1.82, 2.24) is 0 Å². The predicted octanol–water partition coefficient (Wildman–Crippen LogP) is 23.2. The molecule has 17 nitrogen and oxygen atoms in total. The molecule has 0 saturated carbocycles. The number of phosphoric ester groups is 2. The van der Waals surface area contributed by atoms with E-state index in [2.05, 4.69) is 55.4 Å². The number of rotatable bonds is 76. The number of carbonyl (C=O) groups excluding carboxylic acids is 4. The summed E-state index contributed by atoms with van der Waals surface area (Å²) in [6, 6.07) is 0. The topological polar surface area (TPSA) is 237 Å². The lowest BCUT2D eigenvalue weighted by molar-refractivity contribution is -0.161. The zero-order chi connectivity index (χ0) is 72.4. The second-order valence-electron chi connectivity index (χ2n) is 30.1. The molecule has 98 heavy (non-hydrogen) atoms. The Kier molecular flexibility index (Phi) is 66.8. The van der Waals surface area contributed by atoms with Gasteiger partial charge in [0.15, 0.2) is 12.2 Å². The highest BCUT2D eigenvalue weighted by Crippen LogP contribution is 2.45. The van der Waals surface area contributed by atoms with Crippen molar-refractivity contribution in [3.63, 3.8) is 0 Å². The van der Waals surface area contributed by atoms with Gasteiger partial charge in [-0.3, -0.25) is 37.3 Å². The molecule has 6 atom stereocenters. The Balaban J connectivity index is 5.23. The second-order valence-corrected chi connectivity index (χ2v) is 33.0. The summed E-state index contributed by atoms with van der Waals surface area (Å²) in [6.45, 7) is 14.2. The van der Waals surface area contributed by atoms with Crippen LogP contribution in [-0.2, 0) is 65.4 Å². The predicted molar refractivity (Wildman–Crippen MR) is 400 cm³/mol. The summed E-state index contributed by atoms with van der Waals surface area (Å²) >= 11 is 0. The molecule has 0 amide bonds. The lowest BCUT2D eigenvalue weighted by atomic mass is 9.99. The number of unbranched alkanes of at least 4 members (excludes halogenated alkanes) is 41. The first-order valence-corrected chi connectivity index (χ1v) is 43.7. The summed E-state index contributed by atoms with van der Waals surface area (Å²) in [4.78, 5) is 72.9. The molecule has 0 aliphatic rings. The fourth-order valence-corrected chi connectivity index (χ4v) is 13.6. The van der Waals surface area contributed by atoms with Crippen LogP contribution in [-0.4, -0.2) is 96.7 Å². The molecule has 0 bridgehead atoms. The van der Waals surface area contributed by atoms with Crippen molar-refractivity contribution in [1.29, 1.82) is 0 Å². The van der Waals surface area contributed by atoms with Crippen LogP contribution in [0.2, 0.25) is 0 Å². The molecule has 0 radical (unpaired) electrons. The molecule has 3 unspecified atom stereocenters. The van der Waals surface area contributed by atoms with Gasteiger partial charge in [0.25, 0.3) is 0 Å². The fraction of sp³-hybridized carbons (Fsp3) is 0.949. The molecule has 582 valence electrons. The minimum atomic E-state index is -4.96. The Hall–Kier alpha value is -1.94. The van der Waals surface area contributed by atoms with Crippen molar-refractivity contribution in [2.24, 2.45) is 23.7 Å². The van der Waals surface area contributed by atoms with Crippen LogP contribution in [0.1, 0.15) is 402 Å². The zero-order valence-corrected chi connectivity index (χ0v) is 66.2. The maximum Gasteiger partial charge on any atom is 0.472 e. The summed E-state index contributed by atoms with van der Waals surface area (Å²) in [5.41, 5.74) is 0. The molecular formula is C79H154O17P2. The van der Waals surface area contributed by atoms with Crippen LogP contribution < -0.4 is 0 Å². The quantitative estimate of drug-likeness (QED) is 0.0222. The van der Waals surface area contributed by atoms with Crippen LogP contribution in [0.5, 0.6) is 0 Å². The monoisotopic (exact) mass is 1440 g/mol. The third kappa shape index (κ3) is 71.1. The molecule has 3 N–H and O–H groups in total. The lowest BCUT2D eigenvalue weighted by Gasteiger charge is -2.21. The normalized spacial score (nSPS) is 14.3. The van der Waals surface area contributed by atoms with Gasteiger partial charge in [-0.05, 0) is 49.4 Å². The number of carbonyl (C=O) groups is 4. The van der Waals surface area contributed by atoms with Crippen molar-refractivity contribution in [2.45, 2.75) is 420 Å². The van der Waals surface area contributed by atoms with Crippen LogP contribution in [0.3, 0.4) is 0 Å². The highest BCUT2D eigenvalue weighted by molar-refractivity contribution is 7.47. The molecule has 0 rings (SSSR count). The van der Waals surface area contributed by atoms with E-state index in [4.69, 9.17) is 37.0 Å². The van der Waals surface area contributed by atoms with E-state index >= 15 is 0 Å². The van der Waals surface area contributed by atoms with Gasteiger partial charge in [0.1, 0.15) is 19.3 Å². The van der Waals surface area contributed by atoms with E-state index in [0.29, 0.717) is 31.6 Å². The number of ether oxygens (including phenoxy) is 4. The molecular weight excluding hydrogens is 1280 g/mol. The van der Waals surface area contributed by atoms with Gasteiger partial charge in [-0.1, -0.05) is 351 Å². The Morgan fingerprint density at radius 3 is 0.724 bits per heavy atom. The average molecular weight is 1440 g/mol. The van der Waals surface area contributed by atoms with Gasteiger partial charge in [0.2, 0.25) is 0 Å². The van der Waals surface area contributed by atoms with Crippen LogP contribution in [0.4, 0.5) is 0 Å². The summed E-state index contributed by atoms with van der Waals surface area (Å²) in [5, 5.41) is 10.6. The lowest BCUT2D eigenvalue weighted by Crippen LogP contribution is -2.30. The number of esters is 4. The minimum absolute atomic E-state index is 0.106. The molecule has 0 aromatic heterocycles. The van der Waals surface area contributed by atoms with E-state index in [-0.39, 0.29) is 25.7 Å². The summed E-state index contributed by atoms with van der Waals surface area (Å²) in [6.07, 6.45) is 54.2. The van der Waals surface area contributed by atoms with Crippen molar-refractivity contribution < 1.29 is 80.2 Å². The Morgan fingerprint density at radius 1 is 0.286 bits per heavy atom. The first-order chi connectivity index (χ1) is 47.1. The molecule has 0 fully saturated rings. The third-order valence-electron chi connectivity index (χ3n) is 18.7. The van der Waals surface area contributed by atoms with Crippen LogP contribution >= 0.6 is 15.6 Å². The van der Waals surface area contributed by atoms with Gasteiger partial charge in [0.05, 0.1) is 26.4 Å². The van der Waals surface area contributed by atoms with Crippen molar-refractivity contribution in [2.75, 3.05) is 39.6 Å². The molecule has 0 heterocycles. The Labute approximate surface area is 600 Å². The van der Waals surface area contributed by atoms with E-state index in [1.54, 1.807) is 0 Å². The van der Waals surface area contributed by atoms with Gasteiger partial charge in [0, 0.05) is 25.7 Å².